The number of hydrogen-bond donors (Lipinski definition) is 1. The molecule has 0 spiro atoms. The number of morpholine rings is 1. The van der Waals surface area contributed by atoms with Gasteiger partial charge in [0.2, 0.25) is 0 Å². The van der Waals surface area contributed by atoms with Crippen LogP contribution in [0.3, 0.4) is 0 Å². The van der Waals surface area contributed by atoms with Crippen LogP contribution in [-0.4, -0.2) is 31.2 Å². The van der Waals surface area contributed by atoms with Gasteiger partial charge in [-0.3, -0.25) is 4.90 Å². The molecule has 16 heavy (non-hydrogen) atoms. The van der Waals surface area contributed by atoms with Gasteiger partial charge >= 0.3 is 0 Å². The number of nitrogens with zero attached hydrogens (tertiary/aromatic N) is 1. The van der Waals surface area contributed by atoms with Gasteiger partial charge in [0.25, 0.3) is 0 Å². The summed E-state index contributed by atoms with van der Waals surface area (Å²) in [7, 11) is 0. The van der Waals surface area contributed by atoms with Crippen molar-refractivity contribution < 1.29 is 29.6 Å². The summed E-state index contributed by atoms with van der Waals surface area (Å²) in [5.41, 5.74) is 7.78. The molecule has 0 aromatic heterocycles. The fourth-order valence-corrected chi connectivity index (χ4v) is 1.64. The topological polar surface area (TPSA) is 38.5 Å². The van der Waals surface area contributed by atoms with E-state index in [4.69, 9.17) is 10.5 Å². The van der Waals surface area contributed by atoms with E-state index in [1.165, 1.54) is 5.56 Å². The molecule has 92 valence electrons. The summed E-state index contributed by atoms with van der Waals surface area (Å²) >= 11 is 0. The lowest BCUT2D eigenvalue weighted by molar-refractivity contribution is -0.001000. The third-order valence-corrected chi connectivity index (χ3v) is 2.49. The minimum absolute atomic E-state index is 0. The molecule has 0 atom stereocenters. The molecule has 1 aliphatic heterocycles. The number of rotatable bonds is 2. The maximum Gasteiger partial charge on any atom is 0.0594 e. The van der Waals surface area contributed by atoms with Crippen molar-refractivity contribution in [1.29, 1.82) is 0 Å². The smallest absolute Gasteiger partial charge is 0.0594 e. The van der Waals surface area contributed by atoms with Gasteiger partial charge < -0.3 is 35.3 Å². The van der Waals surface area contributed by atoms with Crippen molar-refractivity contribution >= 4 is 5.69 Å². The highest BCUT2D eigenvalue weighted by molar-refractivity contribution is 5.39. The second-order valence-corrected chi connectivity index (χ2v) is 3.63. The molecule has 2 rings (SSSR count). The lowest BCUT2D eigenvalue weighted by Gasteiger charge is -2.26. The molecule has 1 aliphatic rings. The lowest BCUT2D eigenvalue weighted by Crippen LogP contribution is -3.00. The molecule has 0 radical (unpaired) electrons. The van der Waals surface area contributed by atoms with Gasteiger partial charge in [-0.1, -0.05) is 12.1 Å². The maximum atomic E-state index is 5.63. The summed E-state index contributed by atoms with van der Waals surface area (Å²) in [5, 5.41) is 0. The molecule has 0 amide bonds. The zero-order valence-electron chi connectivity index (χ0n) is 9.03. The largest absolute Gasteiger partial charge is 1.00 e. The molecule has 1 saturated heterocycles. The van der Waals surface area contributed by atoms with Gasteiger partial charge in [0, 0.05) is 25.3 Å². The van der Waals surface area contributed by atoms with Gasteiger partial charge in [-0.2, -0.15) is 0 Å². The summed E-state index contributed by atoms with van der Waals surface area (Å²) in [6.45, 7) is 4.78. The molecule has 0 unspecified atom stereocenters. The predicted molar refractivity (Wildman–Crippen MR) is 57.0 cm³/mol. The first kappa shape index (κ1) is 15.5. The van der Waals surface area contributed by atoms with Crippen molar-refractivity contribution in [3.8, 4) is 0 Å². The molecule has 2 N–H and O–H groups in total. The molecule has 5 heteroatoms. The van der Waals surface area contributed by atoms with Crippen molar-refractivity contribution in [2.75, 3.05) is 32.0 Å². The molecule has 1 heterocycles. The number of anilines is 1. The van der Waals surface area contributed by atoms with E-state index >= 15 is 0 Å². The molecule has 1 fully saturated rings. The number of benzene rings is 1. The monoisotopic (exact) mass is 262 g/mol. The number of nitrogen functional groups attached to an aromatic ring is 1. The average Bonchev–Trinajstić information content (AvgIpc) is 2.23. The van der Waals surface area contributed by atoms with E-state index in [1.807, 2.05) is 12.1 Å². The number of hydrogen-bond acceptors (Lipinski definition) is 3. The summed E-state index contributed by atoms with van der Waals surface area (Å²) in [6, 6.07) is 8.08. The van der Waals surface area contributed by atoms with Crippen LogP contribution in [0.5, 0.6) is 0 Å². The minimum atomic E-state index is 0. The van der Waals surface area contributed by atoms with Gasteiger partial charge in [-0.05, 0) is 17.7 Å². The highest BCUT2D eigenvalue weighted by atomic mass is 35.5. The maximum absolute atomic E-state index is 5.63. The van der Waals surface area contributed by atoms with Crippen LogP contribution in [0.1, 0.15) is 5.56 Å². The van der Waals surface area contributed by atoms with E-state index in [0.717, 1.165) is 38.5 Å². The zero-order chi connectivity index (χ0) is 9.80. The fraction of sp³-hybridized carbons (Fsp3) is 0.455. The Balaban J connectivity index is 0.00000112. The van der Waals surface area contributed by atoms with Crippen molar-refractivity contribution in [3.63, 3.8) is 0 Å². The summed E-state index contributed by atoms with van der Waals surface area (Å²) < 4.78 is 5.29. The molecule has 3 nitrogen and oxygen atoms in total. The Bertz CT molecular complexity index is 287. The normalized spacial score (nSPS) is 16.0. The second kappa shape index (κ2) is 7.74. The standard InChI is InChI=1S/C11H16N2O.2ClH/c12-11-3-1-10(2-4-11)9-13-5-7-14-8-6-13;;/h1-4H,5-9,12H2;2*1H/p-2. The first-order valence-corrected chi connectivity index (χ1v) is 4.99. The van der Waals surface area contributed by atoms with E-state index in [9.17, 15) is 0 Å². The molecule has 0 saturated carbocycles. The van der Waals surface area contributed by atoms with E-state index in [2.05, 4.69) is 17.0 Å². The summed E-state index contributed by atoms with van der Waals surface area (Å²) in [5.74, 6) is 0. The first-order valence-electron chi connectivity index (χ1n) is 4.99. The number of halogens is 2. The van der Waals surface area contributed by atoms with Crippen molar-refractivity contribution in [2.24, 2.45) is 0 Å². The van der Waals surface area contributed by atoms with Crippen LogP contribution in [0.2, 0.25) is 0 Å². The van der Waals surface area contributed by atoms with Gasteiger partial charge in [-0.25, -0.2) is 0 Å². The summed E-state index contributed by atoms with van der Waals surface area (Å²) in [6.07, 6.45) is 0. The van der Waals surface area contributed by atoms with Crippen molar-refractivity contribution in [1.82, 2.24) is 4.90 Å². The van der Waals surface area contributed by atoms with E-state index in [-0.39, 0.29) is 24.8 Å². The van der Waals surface area contributed by atoms with Gasteiger partial charge in [0.15, 0.2) is 0 Å². The third-order valence-electron chi connectivity index (χ3n) is 2.49. The zero-order valence-corrected chi connectivity index (χ0v) is 10.5. The van der Waals surface area contributed by atoms with Crippen molar-refractivity contribution in [2.45, 2.75) is 6.54 Å². The molecule has 0 bridgehead atoms. The highest BCUT2D eigenvalue weighted by Gasteiger charge is 2.09. The molecular weight excluding hydrogens is 247 g/mol. The Morgan fingerprint density at radius 3 is 2.19 bits per heavy atom. The van der Waals surface area contributed by atoms with Crippen LogP contribution >= 0.6 is 0 Å². The Labute approximate surface area is 109 Å². The molecular formula is C11H16Cl2N2O-2. The van der Waals surface area contributed by atoms with Gasteiger partial charge in [0.05, 0.1) is 13.2 Å². The van der Waals surface area contributed by atoms with Crippen molar-refractivity contribution in [3.05, 3.63) is 29.8 Å². The number of ether oxygens (including phenoxy) is 1. The fourth-order valence-electron chi connectivity index (χ4n) is 1.64. The minimum Gasteiger partial charge on any atom is -1.00 e. The van der Waals surface area contributed by atoms with Crippen LogP contribution in [0.4, 0.5) is 5.69 Å². The predicted octanol–water partition coefficient (Wildman–Crippen LogP) is -4.89. The average molecular weight is 263 g/mol. The van der Waals surface area contributed by atoms with Crippen LogP contribution < -0.4 is 30.5 Å². The van der Waals surface area contributed by atoms with E-state index < -0.39 is 0 Å². The van der Waals surface area contributed by atoms with Gasteiger partial charge in [-0.15, -0.1) is 0 Å². The molecule has 1 aromatic carbocycles. The Morgan fingerprint density at radius 2 is 1.62 bits per heavy atom. The van der Waals surface area contributed by atoms with Gasteiger partial charge in [0.1, 0.15) is 0 Å². The first-order chi connectivity index (χ1) is 6.84. The highest BCUT2D eigenvalue weighted by Crippen LogP contribution is 2.09. The van der Waals surface area contributed by atoms with Crippen LogP contribution in [0, 0.1) is 0 Å². The summed E-state index contributed by atoms with van der Waals surface area (Å²) in [4.78, 5) is 2.40. The van der Waals surface area contributed by atoms with E-state index in [0.29, 0.717) is 0 Å². The van der Waals surface area contributed by atoms with Crippen LogP contribution in [-0.2, 0) is 11.3 Å². The lowest BCUT2D eigenvalue weighted by atomic mass is 10.2. The third kappa shape index (κ3) is 4.58. The second-order valence-electron chi connectivity index (χ2n) is 3.63. The number of nitrogens with two attached hydrogens (primary N) is 1. The van der Waals surface area contributed by atoms with Crippen LogP contribution in [0.15, 0.2) is 24.3 Å². The van der Waals surface area contributed by atoms with E-state index in [1.54, 1.807) is 0 Å². The Hall–Kier alpha value is -0.480. The Morgan fingerprint density at radius 1 is 1.06 bits per heavy atom. The SMILES string of the molecule is Nc1ccc(CN2CCOCC2)cc1.[Cl-].[Cl-]. The van der Waals surface area contributed by atoms with Crippen LogP contribution in [0.25, 0.3) is 0 Å². The Kier molecular flexibility index (Phi) is 7.51. The molecule has 1 aromatic rings. The quantitative estimate of drug-likeness (QED) is 0.544. The molecule has 0 aliphatic carbocycles.